The summed E-state index contributed by atoms with van der Waals surface area (Å²) in [4.78, 5) is 27.6. The largest absolute Gasteiger partial charge is 0.481 e. The Balaban J connectivity index is 1.85. The average molecular weight is 336 g/mol. The van der Waals surface area contributed by atoms with Crippen LogP contribution in [0.5, 0.6) is 0 Å². The highest BCUT2D eigenvalue weighted by Crippen LogP contribution is 2.27. The molecular weight excluding hydrogens is 316 g/mol. The fraction of sp³-hybridized carbons (Fsp3) is 0.467. The van der Waals surface area contributed by atoms with Crippen LogP contribution in [0.1, 0.15) is 41.0 Å². The van der Waals surface area contributed by atoms with E-state index in [0.717, 1.165) is 23.4 Å². The number of unbranched alkanes of at least 4 members (excludes halogenated alkanes) is 2. The van der Waals surface area contributed by atoms with E-state index < -0.39 is 5.97 Å². The molecule has 0 aromatic carbocycles. The van der Waals surface area contributed by atoms with Crippen LogP contribution in [-0.2, 0) is 11.8 Å². The van der Waals surface area contributed by atoms with Gasteiger partial charge in [-0.3, -0.25) is 14.3 Å². The molecule has 0 aliphatic heterocycles. The highest BCUT2D eigenvalue weighted by Gasteiger charge is 2.16. The Hall–Kier alpha value is -2.22. The van der Waals surface area contributed by atoms with Gasteiger partial charge < -0.3 is 10.4 Å². The molecule has 0 atom stereocenters. The van der Waals surface area contributed by atoms with Crippen molar-refractivity contribution in [2.45, 2.75) is 32.6 Å². The summed E-state index contributed by atoms with van der Waals surface area (Å²) < 4.78 is 1.70. The van der Waals surface area contributed by atoms with Gasteiger partial charge in [0.15, 0.2) is 0 Å². The molecule has 0 saturated carbocycles. The van der Waals surface area contributed by atoms with Gasteiger partial charge in [-0.25, -0.2) is 4.98 Å². The molecule has 2 aromatic rings. The van der Waals surface area contributed by atoms with Crippen molar-refractivity contribution in [3.63, 3.8) is 0 Å². The number of thiazole rings is 1. The molecule has 2 aromatic heterocycles. The Kier molecular flexibility index (Phi) is 5.86. The van der Waals surface area contributed by atoms with Gasteiger partial charge in [0.1, 0.15) is 9.88 Å². The standard InChI is InChI=1S/C15H20N4O3S/c1-10-13(14(22)16-7-5-3-4-6-12(20)21)23-15(18-10)11-8-17-19(2)9-11/h8-9H,3-7H2,1-2H3,(H,16,22)(H,20,21). The lowest BCUT2D eigenvalue weighted by Gasteiger charge is -2.03. The molecule has 2 rings (SSSR count). The Morgan fingerprint density at radius 3 is 2.78 bits per heavy atom. The number of hydrogen-bond donors (Lipinski definition) is 2. The zero-order valence-corrected chi connectivity index (χ0v) is 14.0. The molecule has 2 heterocycles. The van der Waals surface area contributed by atoms with E-state index >= 15 is 0 Å². The zero-order valence-electron chi connectivity index (χ0n) is 13.2. The maximum Gasteiger partial charge on any atom is 0.303 e. The number of nitrogens with one attached hydrogen (secondary N) is 1. The molecule has 0 unspecified atom stereocenters. The third kappa shape index (κ3) is 4.88. The minimum Gasteiger partial charge on any atom is -0.481 e. The first kappa shape index (κ1) is 17.1. The van der Waals surface area contributed by atoms with Gasteiger partial charge in [0.2, 0.25) is 0 Å². The minimum atomic E-state index is -0.780. The third-order valence-electron chi connectivity index (χ3n) is 3.31. The van der Waals surface area contributed by atoms with Crippen LogP contribution in [0.3, 0.4) is 0 Å². The number of aliphatic carboxylic acids is 1. The van der Waals surface area contributed by atoms with E-state index in [2.05, 4.69) is 15.4 Å². The van der Waals surface area contributed by atoms with Crippen LogP contribution in [0.15, 0.2) is 12.4 Å². The van der Waals surface area contributed by atoms with Crippen molar-refractivity contribution in [3.05, 3.63) is 23.0 Å². The van der Waals surface area contributed by atoms with Gasteiger partial charge in [0.05, 0.1) is 11.9 Å². The summed E-state index contributed by atoms with van der Waals surface area (Å²) in [6, 6.07) is 0. The molecule has 124 valence electrons. The molecule has 23 heavy (non-hydrogen) atoms. The van der Waals surface area contributed by atoms with Crippen LogP contribution in [0, 0.1) is 6.92 Å². The molecule has 0 radical (unpaired) electrons. The predicted molar refractivity (Wildman–Crippen MR) is 87.5 cm³/mol. The van der Waals surface area contributed by atoms with Crippen molar-refractivity contribution in [1.82, 2.24) is 20.1 Å². The van der Waals surface area contributed by atoms with E-state index in [9.17, 15) is 9.59 Å². The van der Waals surface area contributed by atoms with Crippen molar-refractivity contribution in [1.29, 1.82) is 0 Å². The number of carboxylic acids is 1. The summed E-state index contributed by atoms with van der Waals surface area (Å²) in [7, 11) is 1.84. The number of aromatic nitrogens is 3. The smallest absolute Gasteiger partial charge is 0.303 e. The first-order chi connectivity index (χ1) is 11.0. The highest BCUT2D eigenvalue weighted by atomic mass is 32.1. The SMILES string of the molecule is Cc1nc(-c2cnn(C)c2)sc1C(=O)NCCCCCC(=O)O. The van der Waals surface area contributed by atoms with Crippen molar-refractivity contribution in [3.8, 4) is 10.6 Å². The molecule has 8 heteroatoms. The summed E-state index contributed by atoms with van der Waals surface area (Å²) in [6.07, 6.45) is 5.96. The fourth-order valence-corrected chi connectivity index (χ4v) is 3.08. The Morgan fingerprint density at radius 2 is 2.13 bits per heavy atom. The van der Waals surface area contributed by atoms with E-state index in [-0.39, 0.29) is 12.3 Å². The Labute approximate surface area is 138 Å². The number of carbonyl (C=O) groups is 2. The average Bonchev–Trinajstić information content (AvgIpc) is 3.08. The summed E-state index contributed by atoms with van der Waals surface area (Å²) in [5, 5.41) is 16.3. The Bertz CT molecular complexity index is 693. The second-order valence-corrected chi connectivity index (χ2v) is 6.30. The van der Waals surface area contributed by atoms with Crippen LogP contribution in [-0.4, -0.2) is 38.3 Å². The summed E-state index contributed by atoms with van der Waals surface area (Å²) in [6.45, 7) is 2.36. The van der Waals surface area contributed by atoms with Crippen molar-refractivity contribution in [2.75, 3.05) is 6.54 Å². The number of carbonyl (C=O) groups excluding carboxylic acids is 1. The van der Waals surface area contributed by atoms with Crippen molar-refractivity contribution >= 4 is 23.2 Å². The normalized spacial score (nSPS) is 10.7. The monoisotopic (exact) mass is 336 g/mol. The molecule has 0 bridgehead atoms. The van der Waals surface area contributed by atoms with E-state index in [1.807, 2.05) is 20.2 Å². The van der Waals surface area contributed by atoms with Crippen molar-refractivity contribution < 1.29 is 14.7 Å². The van der Waals surface area contributed by atoms with Crippen LogP contribution >= 0.6 is 11.3 Å². The first-order valence-corrected chi connectivity index (χ1v) is 8.25. The van der Waals surface area contributed by atoms with Gasteiger partial charge in [0.25, 0.3) is 5.91 Å². The first-order valence-electron chi connectivity index (χ1n) is 7.44. The van der Waals surface area contributed by atoms with Crippen LogP contribution in [0.2, 0.25) is 0 Å². The topological polar surface area (TPSA) is 97.1 Å². The highest BCUT2D eigenvalue weighted by molar-refractivity contribution is 7.17. The van der Waals surface area contributed by atoms with Gasteiger partial charge in [-0.05, 0) is 19.8 Å². The van der Waals surface area contributed by atoms with Gasteiger partial charge in [-0.2, -0.15) is 5.10 Å². The van der Waals surface area contributed by atoms with E-state index in [4.69, 9.17) is 5.11 Å². The van der Waals surface area contributed by atoms with Gasteiger partial charge >= 0.3 is 5.97 Å². The number of nitrogens with zero attached hydrogens (tertiary/aromatic N) is 3. The number of aryl methyl sites for hydroxylation is 2. The molecule has 0 aliphatic rings. The van der Waals surface area contributed by atoms with Gasteiger partial charge in [-0.1, -0.05) is 6.42 Å². The Morgan fingerprint density at radius 1 is 1.35 bits per heavy atom. The van der Waals surface area contributed by atoms with Crippen LogP contribution in [0.25, 0.3) is 10.6 Å². The lowest BCUT2D eigenvalue weighted by atomic mass is 10.2. The van der Waals surface area contributed by atoms with Gasteiger partial charge in [0, 0.05) is 31.8 Å². The number of hydrogen-bond acceptors (Lipinski definition) is 5. The molecule has 7 nitrogen and oxygen atoms in total. The summed E-state index contributed by atoms with van der Waals surface area (Å²) >= 11 is 1.35. The molecule has 0 spiro atoms. The lowest BCUT2D eigenvalue weighted by molar-refractivity contribution is -0.137. The van der Waals surface area contributed by atoms with Gasteiger partial charge in [-0.15, -0.1) is 11.3 Å². The molecule has 0 aliphatic carbocycles. The number of rotatable bonds is 8. The second kappa shape index (κ2) is 7.87. The molecule has 0 saturated heterocycles. The molecular formula is C15H20N4O3S. The predicted octanol–water partition coefficient (Wildman–Crippen LogP) is 2.23. The summed E-state index contributed by atoms with van der Waals surface area (Å²) in [5.41, 5.74) is 1.60. The van der Waals surface area contributed by atoms with Crippen molar-refractivity contribution in [2.24, 2.45) is 7.05 Å². The van der Waals surface area contributed by atoms with E-state index in [1.54, 1.807) is 10.9 Å². The minimum absolute atomic E-state index is 0.131. The maximum absolute atomic E-state index is 12.2. The maximum atomic E-state index is 12.2. The molecule has 2 N–H and O–H groups in total. The summed E-state index contributed by atoms with van der Waals surface area (Å²) in [5.74, 6) is -0.911. The van der Waals surface area contributed by atoms with E-state index in [1.165, 1.54) is 11.3 Å². The molecule has 0 fully saturated rings. The quantitative estimate of drug-likeness (QED) is 0.721. The number of carboxylic acid groups (broad SMARTS) is 1. The molecule has 1 amide bonds. The lowest BCUT2D eigenvalue weighted by Crippen LogP contribution is -2.24. The number of amides is 1. The fourth-order valence-electron chi connectivity index (χ4n) is 2.12. The van der Waals surface area contributed by atoms with Crippen LogP contribution in [0.4, 0.5) is 0 Å². The van der Waals surface area contributed by atoms with E-state index in [0.29, 0.717) is 23.5 Å². The third-order valence-corrected chi connectivity index (χ3v) is 4.51. The van der Waals surface area contributed by atoms with Crippen LogP contribution < -0.4 is 5.32 Å². The zero-order chi connectivity index (χ0) is 16.8. The second-order valence-electron chi connectivity index (χ2n) is 5.30.